The number of aryl methyl sites for hydroxylation is 1. The highest BCUT2D eigenvalue weighted by Crippen LogP contribution is 2.24. The number of imidazole rings is 1. The van der Waals surface area contributed by atoms with Gasteiger partial charge in [-0.1, -0.05) is 22.0 Å². The predicted octanol–water partition coefficient (Wildman–Crippen LogP) is 3.70. The van der Waals surface area contributed by atoms with E-state index in [0.717, 1.165) is 32.6 Å². The van der Waals surface area contributed by atoms with Crippen molar-refractivity contribution in [1.82, 2.24) is 15.0 Å². The number of halogens is 1. The van der Waals surface area contributed by atoms with Gasteiger partial charge in [-0.25, -0.2) is 4.98 Å². The standard InChI is InChI=1S/C13H10BrN3/c1-8-6-9(14)7-11-12(8)17-13(16-11)10-4-2-3-5-15-10/h2-7H,1H3,(H,16,17). The number of nitrogens with one attached hydrogen (secondary N) is 1. The minimum absolute atomic E-state index is 0.807. The Hall–Kier alpha value is -1.68. The van der Waals surface area contributed by atoms with Crippen LogP contribution < -0.4 is 0 Å². The lowest BCUT2D eigenvalue weighted by molar-refractivity contribution is 1.24. The van der Waals surface area contributed by atoms with Crippen molar-refractivity contribution in [3.05, 3.63) is 46.6 Å². The molecular formula is C13H10BrN3. The van der Waals surface area contributed by atoms with E-state index in [1.54, 1.807) is 6.20 Å². The van der Waals surface area contributed by atoms with Gasteiger partial charge in [-0.2, -0.15) is 0 Å². The number of benzene rings is 1. The summed E-state index contributed by atoms with van der Waals surface area (Å²) < 4.78 is 1.05. The third-order valence-corrected chi connectivity index (χ3v) is 3.11. The van der Waals surface area contributed by atoms with Crippen LogP contribution in [0.3, 0.4) is 0 Å². The fourth-order valence-corrected chi connectivity index (χ4v) is 2.44. The van der Waals surface area contributed by atoms with Crippen LogP contribution in [-0.4, -0.2) is 15.0 Å². The molecule has 0 fully saturated rings. The highest BCUT2D eigenvalue weighted by atomic mass is 79.9. The molecule has 84 valence electrons. The molecule has 0 unspecified atom stereocenters. The van der Waals surface area contributed by atoms with Crippen molar-refractivity contribution in [3.63, 3.8) is 0 Å². The first-order chi connectivity index (χ1) is 8.24. The van der Waals surface area contributed by atoms with E-state index in [4.69, 9.17) is 0 Å². The first-order valence-electron chi connectivity index (χ1n) is 5.31. The summed E-state index contributed by atoms with van der Waals surface area (Å²) in [5, 5.41) is 0. The van der Waals surface area contributed by atoms with Crippen LogP contribution in [0.2, 0.25) is 0 Å². The van der Waals surface area contributed by atoms with E-state index in [-0.39, 0.29) is 0 Å². The number of hydrogen-bond donors (Lipinski definition) is 1. The van der Waals surface area contributed by atoms with Gasteiger partial charge in [0.2, 0.25) is 0 Å². The van der Waals surface area contributed by atoms with Crippen LogP contribution in [-0.2, 0) is 0 Å². The average Bonchev–Trinajstić information content (AvgIpc) is 2.74. The maximum atomic E-state index is 4.58. The third kappa shape index (κ3) is 1.85. The van der Waals surface area contributed by atoms with Crippen molar-refractivity contribution >= 4 is 27.0 Å². The zero-order valence-corrected chi connectivity index (χ0v) is 10.8. The number of rotatable bonds is 1. The summed E-state index contributed by atoms with van der Waals surface area (Å²) in [5.41, 5.74) is 4.03. The zero-order valence-electron chi connectivity index (χ0n) is 9.24. The zero-order chi connectivity index (χ0) is 11.8. The summed E-state index contributed by atoms with van der Waals surface area (Å²) in [6.45, 7) is 2.05. The molecule has 0 aliphatic carbocycles. The monoisotopic (exact) mass is 287 g/mol. The molecule has 4 heteroatoms. The molecule has 1 aromatic carbocycles. The van der Waals surface area contributed by atoms with Crippen LogP contribution in [0.25, 0.3) is 22.6 Å². The minimum Gasteiger partial charge on any atom is -0.337 e. The molecule has 2 heterocycles. The summed E-state index contributed by atoms with van der Waals surface area (Å²) >= 11 is 3.49. The molecule has 17 heavy (non-hydrogen) atoms. The predicted molar refractivity (Wildman–Crippen MR) is 71.8 cm³/mol. The molecule has 0 aliphatic rings. The highest BCUT2D eigenvalue weighted by Gasteiger charge is 2.08. The molecule has 1 N–H and O–H groups in total. The van der Waals surface area contributed by atoms with Gasteiger partial charge in [0.15, 0.2) is 5.82 Å². The Morgan fingerprint density at radius 1 is 1.24 bits per heavy atom. The van der Waals surface area contributed by atoms with Gasteiger partial charge >= 0.3 is 0 Å². The quantitative estimate of drug-likeness (QED) is 0.742. The Bertz CT molecular complexity index is 674. The molecule has 0 spiro atoms. The molecule has 0 aliphatic heterocycles. The molecule has 2 aromatic heterocycles. The molecule has 0 saturated heterocycles. The highest BCUT2D eigenvalue weighted by molar-refractivity contribution is 9.10. The molecule has 0 saturated carbocycles. The van der Waals surface area contributed by atoms with Gasteiger partial charge in [-0.05, 0) is 36.8 Å². The second-order valence-corrected chi connectivity index (χ2v) is 4.83. The topological polar surface area (TPSA) is 41.6 Å². The maximum absolute atomic E-state index is 4.58. The minimum atomic E-state index is 0.807. The second kappa shape index (κ2) is 3.96. The summed E-state index contributed by atoms with van der Waals surface area (Å²) in [6, 6.07) is 9.89. The van der Waals surface area contributed by atoms with Gasteiger partial charge in [0.1, 0.15) is 5.69 Å². The van der Waals surface area contributed by atoms with Crippen molar-refractivity contribution in [2.24, 2.45) is 0 Å². The average molecular weight is 288 g/mol. The van der Waals surface area contributed by atoms with E-state index in [9.17, 15) is 0 Å². The van der Waals surface area contributed by atoms with Crippen LogP contribution in [0.15, 0.2) is 41.0 Å². The lowest BCUT2D eigenvalue weighted by Gasteiger charge is -1.94. The summed E-state index contributed by atoms with van der Waals surface area (Å²) in [7, 11) is 0. The van der Waals surface area contributed by atoms with Crippen LogP contribution in [0.1, 0.15) is 5.56 Å². The Kier molecular flexibility index (Phi) is 2.44. The van der Waals surface area contributed by atoms with Crippen molar-refractivity contribution in [3.8, 4) is 11.5 Å². The molecular weight excluding hydrogens is 278 g/mol. The molecule has 0 atom stereocenters. The molecule has 0 bridgehead atoms. The second-order valence-electron chi connectivity index (χ2n) is 3.92. The largest absolute Gasteiger partial charge is 0.337 e. The lowest BCUT2D eigenvalue weighted by atomic mass is 10.2. The van der Waals surface area contributed by atoms with Gasteiger partial charge in [0.05, 0.1) is 11.0 Å². The van der Waals surface area contributed by atoms with Gasteiger partial charge < -0.3 is 4.98 Å². The number of aromatic nitrogens is 3. The molecule has 3 nitrogen and oxygen atoms in total. The van der Waals surface area contributed by atoms with Gasteiger partial charge in [0, 0.05) is 10.7 Å². The fourth-order valence-electron chi connectivity index (χ4n) is 1.87. The van der Waals surface area contributed by atoms with Crippen LogP contribution in [0.5, 0.6) is 0 Å². The number of nitrogens with zero attached hydrogens (tertiary/aromatic N) is 2. The maximum Gasteiger partial charge on any atom is 0.157 e. The van der Waals surface area contributed by atoms with Crippen LogP contribution >= 0.6 is 15.9 Å². The molecule has 3 rings (SSSR count). The van der Waals surface area contributed by atoms with Crippen molar-refractivity contribution in [2.45, 2.75) is 6.92 Å². The molecule has 0 amide bonds. The number of aromatic amines is 1. The van der Waals surface area contributed by atoms with Crippen LogP contribution in [0.4, 0.5) is 0 Å². The Balaban J connectivity index is 2.24. The van der Waals surface area contributed by atoms with E-state index in [1.165, 1.54) is 0 Å². The van der Waals surface area contributed by atoms with E-state index >= 15 is 0 Å². The SMILES string of the molecule is Cc1cc(Br)cc2[nH]c(-c3ccccn3)nc12. The van der Waals surface area contributed by atoms with Crippen molar-refractivity contribution in [1.29, 1.82) is 0 Å². The Morgan fingerprint density at radius 3 is 2.88 bits per heavy atom. The summed E-state index contributed by atoms with van der Waals surface area (Å²) in [4.78, 5) is 12.2. The number of pyridine rings is 1. The van der Waals surface area contributed by atoms with E-state index in [2.05, 4.69) is 43.9 Å². The van der Waals surface area contributed by atoms with E-state index in [0.29, 0.717) is 0 Å². The normalized spacial score (nSPS) is 10.9. The van der Waals surface area contributed by atoms with Crippen molar-refractivity contribution in [2.75, 3.05) is 0 Å². The number of hydrogen-bond acceptors (Lipinski definition) is 2. The van der Waals surface area contributed by atoms with E-state index < -0.39 is 0 Å². The molecule has 3 aromatic rings. The van der Waals surface area contributed by atoms with Crippen LogP contribution in [0, 0.1) is 6.92 Å². The third-order valence-electron chi connectivity index (χ3n) is 2.65. The molecule has 0 radical (unpaired) electrons. The van der Waals surface area contributed by atoms with Gasteiger partial charge in [-0.15, -0.1) is 0 Å². The van der Waals surface area contributed by atoms with E-state index in [1.807, 2.05) is 24.3 Å². The summed E-state index contributed by atoms with van der Waals surface area (Å²) in [5.74, 6) is 0.807. The Morgan fingerprint density at radius 2 is 2.12 bits per heavy atom. The van der Waals surface area contributed by atoms with Crippen molar-refractivity contribution < 1.29 is 0 Å². The number of H-pyrrole nitrogens is 1. The first-order valence-corrected chi connectivity index (χ1v) is 6.10. The Labute approximate surface area is 107 Å². The smallest absolute Gasteiger partial charge is 0.157 e. The lowest BCUT2D eigenvalue weighted by Crippen LogP contribution is -1.83. The fraction of sp³-hybridized carbons (Fsp3) is 0.0769. The number of fused-ring (bicyclic) bond motifs is 1. The summed E-state index contributed by atoms with van der Waals surface area (Å²) in [6.07, 6.45) is 1.77. The first kappa shape index (κ1) is 10.5. The van der Waals surface area contributed by atoms with Gasteiger partial charge in [0.25, 0.3) is 0 Å². The van der Waals surface area contributed by atoms with Gasteiger partial charge in [-0.3, -0.25) is 4.98 Å².